The van der Waals surface area contributed by atoms with Gasteiger partial charge in [0.25, 0.3) is 0 Å². The molecule has 0 aliphatic heterocycles. The quantitative estimate of drug-likeness (QED) is 0.525. The van der Waals surface area contributed by atoms with Gasteiger partial charge in [-0.1, -0.05) is 59.6 Å². The Bertz CT molecular complexity index is 979. The minimum atomic E-state index is -1.44. The molecular weight excluding hydrogens is 471 g/mol. The number of nitrogens with zero attached hydrogens (tertiary/aromatic N) is 1. The zero-order valence-corrected chi connectivity index (χ0v) is 20.0. The Morgan fingerprint density at radius 1 is 1.03 bits per heavy atom. The van der Waals surface area contributed by atoms with Crippen molar-refractivity contribution in [1.82, 2.24) is 10.2 Å². The molecule has 0 aromatic heterocycles. The summed E-state index contributed by atoms with van der Waals surface area (Å²) in [6.07, 6.45) is -1.68. The zero-order valence-electron chi connectivity index (χ0n) is 18.5. The van der Waals surface area contributed by atoms with Crippen molar-refractivity contribution >= 4 is 41.4 Å². The number of benzene rings is 2. The third kappa shape index (κ3) is 9.19. The number of halogens is 2. The average Bonchev–Trinajstić information content (AvgIpc) is 2.72. The number of ether oxygens (including phenoxy) is 2. The van der Waals surface area contributed by atoms with Crippen molar-refractivity contribution in [1.29, 1.82) is 0 Å². The number of carbonyl (C=O) groups is 3. The molecule has 0 aliphatic rings. The number of amides is 2. The second-order valence-corrected chi connectivity index (χ2v) is 9.02. The van der Waals surface area contributed by atoms with Crippen molar-refractivity contribution in [2.24, 2.45) is 0 Å². The number of rotatable bonds is 8. The predicted molar refractivity (Wildman–Crippen MR) is 124 cm³/mol. The lowest BCUT2D eigenvalue weighted by molar-refractivity contribution is -0.139. The van der Waals surface area contributed by atoms with Crippen molar-refractivity contribution in [3.63, 3.8) is 0 Å². The molecule has 0 saturated carbocycles. The van der Waals surface area contributed by atoms with Crippen molar-refractivity contribution in [2.75, 3.05) is 6.54 Å². The molecule has 0 radical (unpaired) electrons. The fourth-order valence-electron chi connectivity index (χ4n) is 2.73. The van der Waals surface area contributed by atoms with Crippen LogP contribution in [0.5, 0.6) is 0 Å². The molecule has 1 unspecified atom stereocenters. The first kappa shape index (κ1) is 26.3. The Morgan fingerprint density at radius 3 is 2.27 bits per heavy atom. The first-order valence-corrected chi connectivity index (χ1v) is 10.8. The molecule has 0 saturated heterocycles. The highest BCUT2D eigenvalue weighted by molar-refractivity contribution is 6.42. The van der Waals surface area contributed by atoms with Crippen LogP contribution >= 0.6 is 23.2 Å². The van der Waals surface area contributed by atoms with Crippen LogP contribution in [0, 0.1) is 0 Å². The van der Waals surface area contributed by atoms with Crippen LogP contribution in [0.25, 0.3) is 0 Å². The fraction of sp³-hybridized carbons (Fsp3) is 0.348. The number of aliphatic carboxylic acids is 1. The van der Waals surface area contributed by atoms with E-state index in [1.165, 1.54) is 4.90 Å². The predicted octanol–water partition coefficient (Wildman–Crippen LogP) is 5.11. The van der Waals surface area contributed by atoms with E-state index in [1.807, 2.05) is 18.2 Å². The second-order valence-electron chi connectivity index (χ2n) is 8.21. The molecule has 10 heteroatoms. The molecule has 0 fully saturated rings. The van der Waals surface area contributed by atoms with Gasteiger partial charge in [-0.25, -0.2) is 14.4 Å². The van der Waals surface area contributed by atoms with E-state index in [4.69, 9.17) is 32.7 Å². The standard InChI is InChI=1S/C23H26Cl2N2O6/c1-23(2,3)33-21(30)26-19(20(28)29)13-27(12-16-9-10-17(24)18(25)11-16)22(31)32-14-15-7-5-4-6-8-15/h4-11,19H,12-14H2,1-3H3,(H,26,30)(H,28,29). The summed E-state index contributed by atoms with van der Waals surface area (Å²) in [6, 6.07) is 12.4. The summed E-state index contributed by atoms with van der Waals surface area (Å²) >= 11 is 12.0. The van der Waals surface area contributed by atoms with E-state index < -0.39 is 29.8 Å². The molecule has 33 heavy (non-hydrogen) atoms. The maximum Gasteiger partial charge on any atom is 0.410 e. The van der Waals surface area contributed by atoms with E-state index in [-0.39, 0.29) is 24.7 Å². The van der Waals surface area contributed by atoms with Gasteiger partial charge in [0.15, 0.2) is 0 Å². The molecule has 2 rings (SSSR count). The molecular formula is C23H26Cl2N2O6. The fourth-order valence-corrected chi connectivity index (χ4v) is 3.05. The first-order valence-electron chi connectivity index (χ1n) is 10.1. The maximum absolute atomic E-state index is 12.9. The molecule has 178 valence electrons. The molecule has 0 heterocycles. The number of alkyl carbamates (subject to hydrolysis) is 1. The van der Waals surface area contributed by atoms with Crippen LogP contribution in [0.2, 0.25) is 10.0 Å². The number of carbonyl (C=O) groups excluding carboxylic acids is 2. The van der Waals surface area contributed by atoms with Gasteiger partial charge >= 0.3 is 18.2 Å². The first-order chi connectivity index (χ1) is 15.4. The summed E-state index contributed by atoms with van der Waals surface area (Å²) in [7, 11) is 0. The number of hydrogen-bond acceptors (Lipinski definition) is 5. The Morgan fingerprint density at radius 2 is 1.70 bits per heavy atom. The molecule has 0 aliphatic carbocycles. The summed E-state index contributed by atoms with van der Waals surface area (Å²) in [5.41, 5.74) is 0.547. The Balaban J connectivity index is 2.19. The van der Waals surface area contributed by atoms with E-state index in [0.717, 1.165) is 5.56 Å². The van der Waals surface area contributed by atoms with Gasteiger partial charge in [0.05, 0.1) is 16.6 Å². The Hall–Kier alpha value is -2.97. The molecule has 8 nitrogen and oxygen atoms in total. The summed E-state index contributed by atoms with van der Waals surface area (Å²) in [6.45, 7) is 4.56. The monoisotopic (exact) mass is 496 g/mol. The Kier molecular flexibility index (Phi) is 9.37. The molecule has 2 N–H and O–H groups in total. The highest BCUT2D eigenvalue weighted by Crippen LogP contribution is 2.23. The molecule has 2 aromatic rings. The lowest BCUT2D eigenvalue weighted by Crippen LogP contribution is -2.50. The van der Waals surface area contributed by atoms with Gasteiger partial charge in [0.2, 0.25) is 0 Å². The highest BCUT2D eigenvalue weighted by Gasteiger charge is 2.29. The molecule has 2 amide bonds. The average molecular weight is 497 g/mol. The molecule has 1 atom stereocenters. The van der Waals surface area contributed by atoms with Gasteiger partial charge in [-0.15, -0.1) is 0 Å². The largest absolute Gasteiger partial charge is 0.480 e. The number of carboxylic acids is 1. The highest BCUT2D eigenvalue weighted by atomic mass is 35.5. The lowest BCUT2D eigenvalue weighted by atomic mass is 10.2. The number of hydrogen-bond donors (Lipinski definition) is 2. The van der Waals surface area contributed by atoms with E-state index >= 15 is 0 Å². The van der Waals surface area contributed by atoms with Gasteiger partial charge in [0.1, 0.15) is 18.2 Å². The van der Waals surface area contributed by atoms with E-state index in [9.17, 15) is 19.5 Å². The zero-order chi connectivity index (χ0) is 24.6. The maximum atomic E-state index is 12.9. The normalized spacial score (nSPS) is 11.9. The van der Waals surface area contributed by atoms with Crippen LogP contribution in [0.15, 0.2) is 48.5 Å². The van der Waals surface area contributed by atoms with Gasteiger partial charge in [0, 0.05) is 6.54 Å². The van der Waals surface area contributed by atoms with E-state index in [1.54, 1.807) is 51.1 Å². The van der Waals surface area contributed by atoms with Gasteiger partial charge in [-0.05, 0) is 44.0 Å². The van der Waals surface area contributed by atoms with Gasteiger partial charge in [-0.2, -0.15) is 0 Å². The van der Waals surface area contributed by atoms with Gasteiger partial charge < -0.3 is 24.8 Å². The topological polar surface area (TPSA) is 105 Å². The molecule has 2 aromatic carbocycles. The molecule has 0 spiro atoms. The molecule has 0 bridgehead atoms. The lowest BCUT2D eigenvalue weighted by Gasteiger charge is -2.27. The summed E-state index contributed by atoms with van der Waals surface area (Å²) < 4.78 is 10.5. The van der Waals surface area contributed by atoms with Crippen LogP contribution in [0.4, 0.5) is 9.59 Å². The van der Waals surface area contributed by atoms with E-state index in [2.05, 4.69) is 5.32 Å². The number of nitrogens with one attached hydrogen (secondary N) is 1. The smallest absolute Gasteiger partial charge is 0.410 e. The summed E-state index contributed by atoms with van der Waals surface area (Å²) in [5, 5.41) is 12.5. The van der Waals surface area contributed by atoms with Crippen LogP contribution in [0.3, 0.4) is 0 Å². The third-order valence-corrected chi connectivity index (χ3v) is 4.95. The third-order valence-electron chi connectivity index (χ3n) is 4.21. The second kappa shape index (κ2) is 11.8. The van der Waals surface area contributed by atoms with Crippen LogP contribution in [0.1, 0.15) is 31.9 Å². The van der Waals surface area contributed by atoms with Crippen molar-refractivity contribution < 1.29 is 29.0 Å². The van der Waals surface area contributed by atoms with E-state index in [0.29, 0.717) is 10.6 Å². The van der Waals surface area contributed by atoms with Crippen molar-refractivity contribution in [3.05, 3.63) is 69.7 Å². The van der Waals surface area contributed by atoms with Crippen LogP contribution in [-0.4, -0.2) is 46.3 Å². The number of carboxylic acid groups (broad SMARTS) is 1. The van der Waals surface area contributed by atoms with Crippen LogP contribution in [-0.2, 0) is 27.4 Å². The van der Waals surface area contributed by atoms with Crippen molar-refractivity contribution in [2.45, 2.75) is 45.6 Å². The minimum absolute atomic E-state index is 0.00518. The summed E-state index contributed by atoms with van der Waals surface area (Å²) in [5.74, 6) is -1.34. The van der Waals surface area contributed by atoms with Crippen LogP contribution < -0.4 is 5.32 Å². The minimum Gasteiger partial charge on any atom is -0.480 e. The van der Waals surface area contributed by atoms with Gasteiger partial charge in [-0.3, -0.25) is 0 Å². The summed E-state index contributed by atoms with van der Waals surface area (Å²) in [4.78, 5) is 37.9. The van der Waals surface area contributed by atoms with Crippen molar-refractivity contribution in [3.8, 4) is 0 Å². The Labute approximate surface area is 202 Å². The SMILES string of the molecule is CC(C)(C)OC(=O)NC(CN(Cc1ccc(Cl)c(Cl)c1)C(=O)OCc1ccccc1)C(=O)O.